The zero-order chi connectivity index (χ0) is 18.4. The van der Waals surface area contributed by atoms with Gasteiger partial charge in [0.15, 0.2) is 5.16 Å². The van der Waals surface area contributed by atoms with E-state index in [-0.39, 0.29) is 5.91 Å². The van der Waals surface area contributed by atoms with Crippen LogP contribution in [0.25, 0.3) is 0 Å². The standard InChI is InChI=1S/C20H21N3OS2/c1-15-7-9-16(10-8-15)13-25-14-19(24)22-17-5-3-4-6-18(17)26-20-21-11-12-23(20)2/h3-12H,13-14H2,1-2H3,(H,22,24). The molecule has 0 atom stereocenters. The second-order valence-electron chi connectivity index (χ2n) is 5.95. The number of anilines is 1. The molecule has 0 aliphatic rings. The number of thioether (sulfide) groups is 1. The molecular formula is C20H21N3OS2. The third-order valence-electron chi connectivity index (χ3n) is 3.76. The predicted molar refractivity (Wildman–Crippen MR) is 110 cm³/mol. The first kappa shape index (κ1) is 18.6. The fourth-order valence-corrected chi connectivity index (χ4v) is 4.02. The number of aryl methyl sites for hydroxylation is 2. The summed E-state index contributed by atoms with van der Waals surface area (Å²) in [6.45, 7) is 2.07. The number of aromatic nitrogens is 2. The molecule has 1 amide bonds. The van der Waals surface area contributed by atoms with Crippen LogP contribution in [0.1, 0.15) is 11.1 Å². The summed E-state index contributed by atoms with van der Waals surface area (Å²) in [6.07, 6.45) is 3.68. The van der Waals surface area contributed by atoms with Gasteiger partial charge in [-0.05, 0) is 36.4 Å². The normalized spacial score (nSPS) is 10.7. The van der Waals surface area contributed by atoms with Gasteiger partial charge in [-0.3, -0.25) is 4.79 Å². The number of nitrogens with zero attached hydrogens (tertiary/aromatic N) is 2. The molecule has 1 aromatic heterocycles. The first-order valence-corrected chi connectivity index (χ1v) is 10.3. The van der Waals surface area contributed by atoms with Gasteiger partial charge in [0.2, 0.25) is 5.91 Å². The molecule has 3 rings (SSSR count). The quantitative estimate of drug-likeness (QED) is 0.639. The molecule has 1 heterocycles. The van der Waals surface area contributed by atoms with E-state index in [9.17, 15) is 4.79 Å². The summed E-state index contributed by atoms with van der Waals surface area (Å²) in [5, 5.41) is 3.91. The molecular weight excluding hydrogens is 362 g/mol. The van der Waals surface area contributed by atoms with Gasteiger partial charge in [-0.2, -0.15) is 0 Å². The summed E-state index contributed by atoms with van der Waals surface area (Å²) in [7, 11) is 1.96. The molecule has 0 fully saturated rings. The number of nitrogens with one attached hydrogen (secondary N) is 1. The van der Waals surface area contributed by atoms with Crippen molar-refractivity contribution in [3.63, 3.8) is 0 Å². The minimum Gasteiger partial charge on any atom is -0.329 e. The van der Waals surface area contributed by atoms with Gasteiger partial charge in [-0.25, -0.2) is 4.98 Å². The Balaban J connectivity index is 1.55. The van der Waals surface area contributed by atoms with Crippen LogP contribution in [-0.4, -0.2) is 21.2 Å². The Morgan fingerprint density at radius 2 is 1.92 bits per heavy atom. The Bertz CT molecular complexity index is 875. The highest BCUT2D eigenvalue weighted by molar-refractivity contribution is 7.99. The number of para-hydroxylation sites is 1. The van der Waals surface area contributed by atoms with E-state index in [2.05, 4.69) is 41.5 Å². The monoisotopic (exact) mass is 383 g/mol. The van der Waals surface area contributed by atoms with Crippen LogP contribution in [0.3, 0.4) is 0 Å². The maximum Gasteiger partial charge on any atom is 0.234 e. The molecule has 0 saturated heterocycles. The van der Waals surface area contributed by atoms with E-state index in [1.54, 1.807) is 29.7 Å². The number of imidazole rings is 1. The van der Waals surface area contributed by atoms with Gasteiger partial charge >= 0.3 is 0 Å². The van der Waals surface area contributed by atoms with Gasteiger partial charge in [-0.1, -0.05) is 42.0 Å². The Labute approximate surface area is 162 Å². The van der Waals surface area contributed by atoms with Crippen molar-refractivity contribution in [2.24, 2.45) is 7.05 Å². The van der Waals surface area contributed by atoms with Crippen molar-refractivity contribution in [1.82, 2.24) is 9.55 Å². The van der Waals surface area contributed by atoms with Gasteiger partial charge in [-0.15, -0.1) is 11.8 Å². The zero-order valence-electron chi connectivity index (χ0n) is 14.8. The highest BCUT2D eigenvalue weighted by Gasteiger charge is 2.10. The Kier molecular flexibility index (Phi) is 6.41. The highest BCUT2D eigenvalue weighted by Crippen LogP contribution is 2.32. The van der Waals surface area contributed by atoms with Crippen LogP contribution >= 0.6 is 23.5 Å². The second kappa shape index (κ2) is 8.96. The van der Waals surface area contributed by atoms with E-state index < -0.39 is 0 Å². The van der Waals surface area contributed by atoms with E-state index in [0.29, 0.717) is 5.75 Å². The SMILES string of the molecule is Cc1ccc(CSCC(=O)Nc2ccccc2Sc2nccn2C)cc1. The van der Waals surface area contributed by atoms with Crippen LogP contribution in [0, 0.1) is 6.92 Å². The number of rotatable bonds is 7. The summed E-state index contributed by atoms with van der Waals surface area (Å²) < 4.78 is 1.96. The number of hydrogen-bond acceptors (Lipinski definition) is 4. The van der Waals surface area contributed by atoms with Gasteiger partial charge in [0, 0.05) is 30.1 Å². The van der Waals surface area contributed by atoms with Crippen LogP contribution in [0.15, 0.2) is 71.0 Å². The van der Waals surface area contributed by atoms with Gasteiger partial charge in [0.05, 0.1) is 11.4 Å². The number of benzene rings is 2. The number of carbonyl (C=O) groups excluding carboxylic acids is 1. The van der Waals surface area contributed by atoms with E-state index in [1.807, 2.05) is 42.1 Å². The van der Waals surface area contributed by atoms with E-state index >= 15 is 0 Å². The maximum atomic E-state index is 12.3. The van der Waals surface area contributed by atoms with Crippen LogP contribution in [0.4, 0.5) is 5.69 Å². The molecule has 3 aromatic rings. The van der Waals surface area contributed by atoms with Crippen LogP contribution in [0.2, 0.25) is 0 Å². The van der Waals surface area contributed by atoms with Crippen LogP contribution < -0.4 is 5.32 Å². The molecule has 0 saturated carbocycles. The van der Waals surface area contributed by atoms with Crippen molar-refractivity contribution in [2.75, 3.05) is 11.1 Å². The summed E-state index contributed by atoms with van der Waals surface area (Å²) >= 11 is 3.16. The largest absolute Gasteiger partial charge is 0.329 e. The molecule has 2 aromatic carbocycles. The third kappa shape index (κ3) is 5.16. The predicted octanol–water partition coefficient (Wildman–Crippen LogP) is 4.75. The minimum atomic E-state index is 0.00926. The minimum absolute atomic E-state index is 0.00926. The lowest BCUT2D eigenvalue weighted by molar-refractivity contribution is -0.113. The molecule has 6 heteroatoms. The first-order chi connectivity index (χ1) is 12.6. The number of hydrogen-bond donors (Lipinski definition) is 1. The van der Waals surface area contributed by atoms with Gasteiger partial charge < -0.3 is 9.88 Å². The lowest BCUT2D eigenvalue weighted by Gasteiger charge is -2.10. The van der Waals surface area contributed by atoms with Crippen molar-refractivity contribution in [2.45, 2.75) is 22.7 Å². The topological polar surface area (TPSA) is 46.9 Å². The second-order valence-corrected chi connectivity index (χ2v) is 7.94. The Morgan fingerprint density at radius 3 is 2.65 bits per heavy atom. The van der Waals surface area contributed by atoms with Crippen molar-refractivity contribution in [3.05, 3.63) is 72.1 Å². The Morgan fingerprint density at radius 1 is 1.15 bits per heavy atom. The van der Waals surface area contributed by atoms with Crippen molar-refractivity contribution in [1.29, 1.82) is 0 Å². The molecule has 1 N–H and O–H groups in total. The summed E-state index contributed by atoms with van der Waals surface area (Å²) in [6, 6.07) is 16.2. The average molecular weight is 384 g/mol. The average Bonchev–Trinajstić information content (AvgIpc) is 3.03. The lowest BCUT2D eigenvalue weighted by Crippen LogP contribution is -2.14. The zero-order valence-corrected chi connectivity index (χ0v) is 16.4. The molecule has 4 nitrogen and oxygen atoms in total. The third-order valence-corrected chi connectivity index (χ3v) is 5.92. The van der Waals surface area contributed by atoms with E-state index in [0.717, 1.165) is 21.5 Å². The number of carbonyl (C=O) groups is 1. The maximum absolute atomic E-state index is 12.3. The molecule has 0 radical (unpaired) electrons. The summed E-state index contributed by atoms with van der Waals surface area (Å²) in [5.41, 5.74) is 3.30. The lowest BCUT2D eigenvalue weighted by atomic mass is 10.2. The van der Waals surface area contributed by atoms with Gasteiger partial charge in [0.1, 0.15) is 0 Å². The molecule has 0 spiro atoms. The number of amides is 1. The van der Waals surface area contributed by atoms with Crippen molar-refractivity contribution >= 4 is 35.1 Å². The molecule has 0 aliphatic carbocycles. The van der Waals surface area contributed by atoms with E-state index in [1.165, 1.54) is 11.1 Å². The summed E-state index contributed by atoms with van der Waals surface area (Å²) in [4.78, 5) is 17.6. The van der Waals surface area contributed by atoms with Crippen molar-refractivity contribution in [3.8, 4) is 0 Å². The fourth-order valence-electron chi connectivity index (χ4n) is 2.34. The summed E-state index contributed by atoms with van der Waals surface area (Å²) in [5.74, 6) is 1.27. The molecule has 0 unspecified atom stereocenters. The van der Waals surface area contributed by atoms with Gasteiger partial charge in [0.25, 0.3) is 0 Å². The van der Waals surface area contributed by atoms with Crippen LogP contribution in [0.5, 0.6) is 0 Å². The molecule has 0 aliphatic heterocycles. The van der Waals surface area contributed by atoms with Crippen molar-refractivity contribution < 1.29 is 4.79 Å². The first-order valence-electron chi connectivity index (χ1n) is 8.29. The fraction of sp³-hybridized carbons (Fsp3) is 0.200. The molecule has 26 heavy (non-hydrogen) atoms. The smallest absolute Gasteiger partial charge is 0.234 e. The molecule has 134 valence electrons. The van der Waals surface area contributed by atoms with Crippen LogP contribution in [-0.2, 0) is 17.6 Å². The Hall–Kier alpha value is -2.18. The van der Waals surface area contributed by atoms with E-state index in [4.69, 9.17) is 0 Å². The highest BCUT2D eigenvalue weighted by atomic mass is 32.2. The molecule has 0 bridgehead atoms.